The minimum atomic E-state index is -0.149. The number of hydrogen-bond acceptors (Lipinski definition) is 3. The van der Waals surface area contributed by atoms with Crippen molar-refractivity contribution in [3.05, 3.63) is 17.5 Å². The quantitative estimate of drug-likeness (QED) is 0.666. The van der Waals surface area contributed by atoms with Crippen molar-refractivity contribution in [2.45, 2.75) is 45.7 Å². The fourth-order valence-electron chi connectivity index (χ4n) is 1.62. The second-order valence-corrected chi connectivity index (χ2v) is 4.02. The molecule has 0 fully saturated rings. The summed E-state index contributed by atoms with van der Waals surface area (Å²) in [5.74, 6) is 0. The number of H-pyrrole nitrogens is 1. The molecule has 0 bridgehead atoms. The van der Waals surface area contributed by atoms with Gasteiger partial charge in [-0.1, -0.05) is 13.8 Å². The van der Waals surface area contributed by atoms with Crippen LogP contribution < -0.4 is 5.32 Å². The third kappa shape index (κ3) is 2.79. The Labute approximate surface area is 91.1 Å². The van der Waals surface area contributed by atoms with E-state index in [-0.39, 0.29) is 12.1 Å². The molecule has 0 spiro atoms. The van der Waals surface area contributed by atoms with E-state index in [1.54, 1.807) is 0 Å². The zero-order chi connectivity index (χ0) is 11.3. The molecule has 0 aliphatic carbocycles. The number of hydrogen-bond donors (Lipinski definition) is 3. The lowest BCUT2D eigenvalue weighted by atomic mass is 9.93. The highest BCUT2D eigenvalue weighted by Gasteiger charge is 2.24. The van der Waals surface area contributed by atoms with Crippen LogP contribution in [0.5, 0.6) is 0 Å². The monoisotopic (exact) mass is 211 g/mol. The zero-order valence-corrected chi connectivity index (χ0v) is 9.80. The van der Waals surface area contributed by atoms with E-state index >= 15 is 0 Å². The summed E-state index contributed by atoms with van der Waals surface area (Å²) in [6.45, 7) is 7.12. The van der Waals surface area contributed by atoms with E-state index < -0.39 is 0 Å². The average Bonchev–Trinajstić information content (AvgIpc) is 2.67. The number of nitrogens with one attached hydrogen (secondary N) is 2. The molecule has 0 aliphatic heterocycles. The summed E-state index contributed by atoms with van der Waals surface area (Å²) in [7, 11) is 0. The van der Waals surface area contributed by atoms with Crippen LogP contribution in [0.2, 0.25) is 0 Å². The van der Waals surface area contributed by atoms with E-state index in [9.17, 15) is 5.11 Å². The molecule has 0 unspecified atom stereocenters. The Kier molecular flexibility index (Phi) is 4.29. The fraction of sp³-hybridized carbons (Fsp3) is 0.727. The zero-order valence-electron chi connectivity index (χ0n) is 9.80. The van der Waals surface area contributed by atoms with Crippen LogP contribution in [-0.2, 0) is 6.54 Å². The molecule has 0 atom stereocenters. The Morgan fingerprint density at radius 1 is 1.47 bits per heavy atom. The van der Waals surface area contributed by atoms with Gasteiger partial charge < -0.3 is 10.4 Å². The highest BCUT2D eigenvalue weighted by molar-refractivity contribution is 5.14. The first-order valence-corrected chi connectivity index (χ1v) is 5.52. The van der Waals surface area contributed by atoms with Gasteiger partial charge in [0, 0.05) is 23.3 Å². The average molecular weight is 211 g/mol. The topological polar surface area (TPSA) is 60.9 Å². The maximum absolute atomic E-state index is 9.39. The van der Waals surface area contributed by atoms with Gasteiger partial charge in [0.05, 0.1) is 12.8 Å². The van der Waals surface area contributed by atoms with E-state index in [4.69, 9.17) is 0 Å². The first-order valence-electron chi connectivity index (χ1n) is 5.52. The summed E-state index contributed by atoms with van der Waals surface area (Å²) in [6.07, 6.45) is 3.68. The van der Waals surface area contributed by atoms with Crippen molar-refractivity contribution in [1.29, 1.82) is 0 Å². The maximum Gasteiger partial charge on any atom is 0.0613 e. The first kappa shape index (κ1) is 12.2. The highest BCUT2D eigenvalue weighted by Crippen LogP contribution is 2.15. The lowest BCUT2D eigenvalue weighted by Gasteiger charge is -2.30. The summed E-state index contributed by atoms with van der Waals surface area (Å²) in [5, 5.41) is 19.7. The Morgan fingerprint density at radius 2 is 2.13 bits per heavy atom. The maximum atomic E-state index is 9.39. The van der Waals surface area contributed by atoms with Crippen LogP contribution >= 0.6 is 0 Å². The smallest absolute Gasteiger partial charge is 0.0613 e. The molecule has 4 heteroatoms. The van der Waals surface area contributed by atoms with E-state index in [0.29, 0.717) is 0 Å². The number of aliphatic hydroxyl groups excluding tert-OH is 1. The summed E-state index contributed by atoms with van der Waals surface area (Å²) in [5.41, 5.74) is 2.10. The molecular weight excluding hydrogens is 190 g/mol. The van der Waals surface area contributed by atoms with Crippen LogP contribution in [-0.4, -0.2) is 27.4 Å². The minimum absolute atomic E-state index is 0.149. The van der Waals surface area contributed by atoms with E-state index in [1.165, 1.54) is 0 Å². The Hall–Kier alpha value is -0.870. The van der Waals surface area contributed by atoms with Gasteiger partial charge in [-0.2, -0.15) is 5.10 Å². The molecule has 0 aliphatic rings. The third-order valence-electron chi connectivity index (χ3n) is 3.24. The van der Waals surface area contributed by atoms with Crippen molar-refractivity contribution in [2.24, 2.45) is 0 Å². The van der Waals surface area contributed by atoms with Crippen LogP contribution in [0, 0.1) is 6.92 Å². The lowest BCUT2D eigenvalue weighted by molar-refractivity contribution is 0.149. The summed E-state index contributed by atoms with van der Waals surface area (Å²) >= 11 is 0. The van der Waals surface area contributed by atoms with Gasteiger partial charge in [-0.15, -0.1) is 0 Å². The third-order valence-corrected chi connectivity index (χ3v) is 3.24. The molecule has 0 saturated heterocycles. The van der Waals surface area contributed by atoms with Gasteiger partial charge in [0.15, 0.2) is 0 Å². The Bertz CT molecular complexity index is 284. The molecule has 86 valence electrons. The van der Waals surface area contributed by atoms with Crippen molar-refractivity contribution in [1.82, 2.24) is 15.5 Å². The molecule has 1 aromatic rings. The molecule has 0 saturated carbocycles. The van der Waals surface area contributed by atoms with Crippen LogP contribution in [0.25, 0.3) is 0 Å². The van der Waals surface area contributed by atoms with Gasteiger partial charge in [-0.25, -0.2) is 0 Å². The normalized spacial score (nSPS) is 12.0. The van der Waals surface area contributed by atoms with Gasteiger partial charge in [0.1, 0.15) is 0 Å². The van der Waals surface area contributed by atoms with E-state index in [0.717, 1.165) is 30.6 Å². The summed E-state index contributed by atoms with van der Waals surface area (Å²) in [4.78, 5) is 0. The molecule has 0 radical (unpaired) electrons. The van der Waals surface area contributed by atoms with E-state index in [2.05, 4.69) is 29.4 Å². The molecular formula is C11H21N3O. The molecule has 0 amide bonds. The predicted octanol–water partition coefficient (Wildman–Crippen LogP) is 1.36. The van der Waals surface area contributed by atoms with E-state index in [1.807, 2.05) is 13.1 Å². The molecule has 0 aromatic carbocycles. The van der Waals surface area contributed by atoms with Gasteiger partial charge in [-0.05, 0) is 19.8 Å². The molecule has 15 heavy (non-hydrogen) atoms. The standard InChI is InChI=1S/C11H21N3O/c1-4-11(5-2,8-15)12-6-10-7-13-14-9(10)3/h7,12,15H,4-6,8H2,1-3H3,(H,13,14). The second kappa shape index (κ2) is 5.28. The predicted molar refractivity (Wildman–Crippen MR) is 60.6 cm³/mol. The Morgan fingerprint density at radius 3 is 2.53 bits per heavy atom. The van der Waals surface area contributed by atoms with Crippen LogP contribution in [0.4, 0.5) is 0 Å². The number of aromatic amines is 1. The molecule has 1 heterocycles. The van der Waals surface area contributed by atoms with Crippen molar-refractivity contribution in [2.75, 3.05) is 6.61 Å². The molecule has 1 aromatic heterocycles. The highest BCUT2D eigenvalue weighted by atomic mass is 16.3. The van der Waals surface area contributed by atoms with Crippen LogP contribution in [0.15, 0.2) is 6.20 Å². The van der Waals surface area contributed by atoms with Crippen LogP contribution in [0.1, 0.15) is 37.9 Å². The van der Waals surface area contributed by atoms with Crippen molar-refractivity contribution in [3.63, 3.8) is 0 Å². The number of rotatable bonds is 6. The number of aromatic nitrogens is 2. The first-order chi connectivity index (χ1) is 7.17. The number of nitrogens with zero attached hydrogens (tertiary/aromatic N) is 1. The summed E-state index contributed by atoms with van der Waals surface area (Å²) in [6, 6.07) is 0. The molecule has 4 nitrogen and oxygen atoms in total. The van der Waals surface area contributed by atoms with Crippen LogP contribution in [0.3, 0.4) is 0 Å². The van der Waals surface area contributed by atoms with Gasteiger partial charge in [-0.3, -0.25) is 5.10 Å². The fourth-order valence-corrected chi connectivity index (χ4v) is 1.62. The van der Waals surface area contributed by atoms with Gasteiger partial charge in [0.25, 0.3) is 0 Å². The molecule has 3 N–H and O–H groups in total. The minimum Gasteiger partial charge on any atom is -0.394 e. The second-order valence-electron chi connectivity index (χ2n) is 4.02. The number of aliphatic hydroxyl groups is 1. The SMILES string of the molecule is CCC(CC)(CO)NCc1cn[nH]c1C. The number of aryl methyl sites for hydroxylation is 1. The van der Waals surface area contributed by atoms with Crippen molar-refractivity contribution < 1.29 is 5.11 Å². The van der Waals surface area contributed by atoms with Gasteiger partial charge in [0.2, 0.25) is 0 Å². The van der Waals surface area contributed by atoms with Gasteiger partial charge >= 0.3 is 0 Å². The summed E-state index contributed by atoms with van der Waals surface area (Å²) < 4.78 is 0. The van der Waals surface area contributed by atoms with Crippen molar-refractivity contribution in [3.8, 4) is 0 Å². The Balaban J connectivity index is 2.58. The molecule has 1 rings (SSSR count). The van der Waals surface area contributed by atoms with Crippen molar-refractivity contribution >= 4 is 0 Å². The largest absolute Gasteiger partial charge is 0.394 e. The lowest BCUT2D eigenvalue weighted by Crippen LogP contribution is -2.47.